The molecule has 0 bridgehead atoms. The van der Waals surface area contributed by atoms with Gasteiger partial charge < -0.3 is 0 Å². The van der Waals surface area contributed by atoms with Crippen molar-refractivity contribution in [2.24, 2.45) is 10.6 Å². The molecule has 0 atom stereocenters. The predicted molar refractivity (Wildman–Crippen MR) is 93.2 cm³/mol. The van der Waals surface area contributed by atoms with Gasteiger partial charge in [0.05, 0.1) is 5.70 Å². The highest BCUT2D eigenvalue weighted by Gasteiger charge is 2.20. The Morgan fingerprint density at radius 2 is 1.81 bits per heavy atom. The normalized spacial score (nSPS) is 14.5. The lowest BCUT2D eigenvalue weighted by molar-refractivity contribution is 0.158. The van der Waals surface area contributed by atoms with E-state index in [9.17, 15) is 4.91 Å². The van der Waals surface area contributed by atoms with Crippen LogP contribution in [0, 0.1) is 10.3 Å². The Balaban J connectivity index is 4.98. The van der Waals surface area contributed by atoms with Crippen LogP contribution in [0.1, 0.15) is 54.9 Å². The van der Waals surface area contributed by atoms with Gasteiger partial charge in [-0.25, -0.2) is 0 Å². The van der Waals surface area contributed by atoms with Crippen molar-refractivity contribution in [2.45, 2.75) is 60.4 Å². The molecule has 0 spiro atoms. The van der Waals surface area contributed by atoms with Crippen LogP contribution in [0.5, 0.6) is 0 Å². The van der Waals surface area contributed by atoms with Crippen LogP contribution in [0.15, 0.2) is 41.3 Å². The topological polar surface area (TPSA) is 32.7 Å². The van der Waals surface area contributed by atoms with E-state index >= 15 is 0 Å². The number of allylic oxidation sites excluding steroid dienone is 3. The molecule has 0 aliphatic heterocycles. The lowest BCUT2D eigenvalue weighted by atomic mass is 9.93. The van der Waals surface area contributed by atoms with Gasteiger partial charge in [0.2, 0.25) is 0 Å². The van der Waals surface area contributed by atoms with Gasteiger partial charge in [0.25, 0.3) is 0 Å². The summed E-state index contributed by atoms with van der Waals surface area (Å²) >= 11 is 0. The van der Waals surface area contributed by atoms with Crippen LogP contribution in [-0.4, -0.2) is 23.5 Å². The van der Waals surface area contributed by atoms with Gasteiger partial charge in [-0.3, -0.25) is 4.90 Å². The summed E-state index contributed by atoms with van der Waals surface area (Å²) in [7, 11) is 0. The molecule has 0 heterocycles. The second-order valence-electron chi connectivity index (χ2n) is 7.14. The van der Waals surface area contributed by atoms with Gasteiger partial charge in [-0.15, -0.1) is 11.5 Å². The zero-order valence-corrected chi connectivity index (χ0v) is 14.9. The summed E-state index contributed by atoms with van der Waals surface area (Å²) in [6, 6.07) is 0. The first-order chi connectivity index (χ1) is 9.57. The highest BCUT2D eigenvalue weighted by molar-refractivity contribution is 5.17. The van der Waals surface area contributed by atoms with E-state index in [-0.39, 0.29) is 11.0 Å². The van der Waals surface area contributed by atoms with Crippen molar-refractivity contribution in [1.82, 2.24) is 4.90 Å². The average molecular weight is 292 g/mol. The molecule has 3 heteroatoms. The molecule has 0 aromatic carbocycles. The third kappa shape index (κ3) is 7.37. The maximum absolute atomic E-state index is 11.1. The zero-order chi connectivity index (χ0) is 16.7. The Labute approximate surface area is 130 Å². The molecule has 0 saturated carbocycles. The Bertz CT molecular complexity index is 411. The first kappa shape index (κ1) is 19.8. The minimum Gasteiger partial charge on any atom is -0.295 e. The van der Waals surface area contributed by atoms with Crippen molar-refractivity contribution >= 4 is 0 Å². The summed E-state index contributed by atoms with van der Waals surface area (Å²) in [5.74, 6) is 0. The lowest BCUT2D eigenvalue weighted by Gasteiger charge is -2.35. The molecular formula is C18H32N2O. The maximum atomic E-state index is 11.1. The van der Waals surface area contributed by atoms with E-state index in [0.717, 1.165) is 18.7 Å². The SMILES string of the molecule is C=CC(C)(C)C=CC/C(N=O)=C(\C)CN(CC)C(C)(C)C. The van der Waals surface area contributed by atoms with Crippen LogP contribution in [0.4, 0.5) is 0 Å². The fraction of sp³-hybridized carbons (Fsp3) is 0.667. The highest BCUT2D eigenvalue weighted by atomic mass is 16.3. The van der Waals surface area contributed by atoms with Crippen molar-refractivity contribution in [2.75, 3.05) is 13.1 Å². The first-order valence-corrected chi connectivity index (χ1v) is 7.65. The van der Waals surface area contributed by atoms with Crippen molar-refractivity contribution in [3.63, 3.8) is 0 Å². The average Bonchev–Trinajstić information content (AvgIpc) is 2.39. The molecule has 0 aliphatic rings. The van der Waals surface area contributed by atoms with Crippen LogP contribution in [0.2, 0.25) is 0 Å². The van der Waals surface area contributed by atoms with Gasteiger partial charge in [0, 0.05) is 23.9 Å². The molecule has 0 aromatic rings. The van der Waals surface area contributed by atoms with Crippen molar-refractivity contribution in [1.29, 1.82) is 0 Å². The van der Waals surface area contributed by atoms with E-state index in [2.05, 4.69) is 64.3 Å². The standard InChI is InChI=1S/C18H32N2O/c1-9-18(7,8)13-11-12-16(19-21)15(3)14-20(10-2)17(4,5)6/h9,11,13H,1,10,12,14H2,2-8H3/b13-11?,16-15-. The molecular weight excluding hydrogens is 260 g/mol. The summed E-state index contributed by atoms with van der Waals surface area (Å²) in [5, 5.41) is 3.23. The van der Waals surface area contributed by atoms with Gasteiger partial charge in [-0.2, -0.15) is 0 Å². The van der Waals surface area contributed by atoms with E-state index in [1.807, 2.05) is 19.1 Å². The van der Waals surface area contributed by atoms with Crippen LogP contribution in [0.3, 0.4) is 0 Å². The van der Waals surface area contributed by atoms with Gasteiger partial charge in [0.15, 0.2) is 0 Å². The fourth-order valence-corrected chi connectivity index (χ4v) is 2.03. The first-order valence-electron chi connectivity index (χ1n) is 7.65. The fourth-order valence-electron chi connectivity index (χ4n) is 2.03. The summed E-state index contributed by atoms with van der Waals surface area (Å²) in [5.41, 5.74) is 1.71. The van der Waals surface area contributed by atoms with Gasteiger partial charge in [-0.1, -0.05) is 39.0 Å². The molecule has 0 unspecified atom stereocenters. The molecule has 3 nitrogen and oxygen atoms in total. The smallest absolute Gasteiger partial charge is 0.0888 e. The molecule has 0 saturated heterocycles. The number of likely N-dealkylation sites (N-methyl/N-ethyl adjacent to an activating group) is 1. The number of rotatable bonds is 8. The molecule has 21 heavy (non-hydrogen) atoms. The molecule has 0 amide bonds. The summed E-state index contributed by atoms with van der Waals surface area (Å²) in [6.07, 6.45) is 6.55. The highest BCUT2D eigenvalue weighted by Crippen LogP contribution is 2.21. The lowest BCUT2D eigenvalue weighted by Crippen LogP contribution is -2.42. The van der Waals surface area contributed by atoms with Crippen LogP contribution in [-0.2, 0) is 0 Å². The van der Waals surface area contributed by atoms with Crippen molar-refractivity contribution in [3.05, 3.63) is 41.0 Å². The predicted octanol–water partition coefficient (Wildman–Crippen LogP) is 5.31. The van der Waals surface area contributed by atoms with Crippen LogP contribution in [0.25, 0.3) is 0 Å². The Hall–Kier alpha value is -1.22. The van der Waals surface area contributed by atoms with Gasteiger partial charge in [-0.05, 0) is 45.0 Å². The Kier molecular flexibility index (Phi) is 7.80. The monoisotopic (exact) mass is 292 g/mol. The second-order valence-corrected chi connectivity index (χ2v) is 7.14. The molecule has 0 aliphatic carbocycles. The zero-order valence-electron chi connectivity index (χ0n) is 14.9. The van der Waals surface area contributed by atoms with Crippen molar-refractivity contribution in [3.8, 4) is 0 Å². The van der Waals surface area contributed by atoms with E-state index in [1.165, 1.54) is 0 Å². The molecule has 0 rings (SSSR count). The van der Waals surface area contributed by atoms with Gasteiger partial charge in [0.1, 0.15) is 0 Å². The minimum absolute atomic E-state index is 0.0528. The molecule has 120 valence electrons. The van der Waals surface area contributed by atoms with Gasteiger partial charge >= 0.3 is 0 Å². The third-order valence-electron chi connectivity index (χ3n) is 3.75. The summed E-state index contributed by atoms with van der Waals surface area (Å²) in [4.78, 5) is 13.4. The molecule has 0 N–H and O–H groups in total. The number of hydrogen-bond donors (Lipinski definition) is 0. The molecule has 0 aromatic heterocycles. The Morgan fingerprint density at radius 1 is 1.24 bits per heavy atom. The number of nitrogens with zero attached hydrogens (tertiary/aromatic N) is 2. The van der Waals surface area contributed by atoms with E-state index < -0.39 is 0 Å². The second kappa shape index (κ2) is 8.28. The van der Waals surface area contributed by atoms with Crippen LogP contribution < -0.4 is 0 Å². The summed E-state index contributed by atoms with van der Waals surface area (Å²) in [6.45, 7) is 20.4. The number of hydrogen-bond acceptors (Lipinski definition) is 3. The van der Waals surface area contributed by atoms with E-state index in [4.69, 9.17) is 0 Å². The quantitative estimate of drug-likeness (QED) is 0.449. The van der Waals surface area contributed by atoms with E-state index in [1.54, 1.807) is 0 Å². The summed E-state index contributed by atoms with van der Waals surface area (Å²) < 4.78 is 0. The molecule has 0 fully saturated rings. The van der Waals surface area contributed by atoms with E-state index in [0.29, 0.717) is 12.1 Å². The van der Waals surface area contributed by atoms with Crippen LogP contribution >= 0.6 is 0 Å². The number of nitroso groups, excluding NO2 is 1. The van der Waals surface area contributed by atoms with Crippen molar-refractivity contribution < 1.29 is 0 Å². The third-order valence-corrected chi connectivity index (χ3v) is 3.75. The molecule has 0 radical (unpaired) electrons. The maximum Gasteiger partial charge on any atom is 0.0888 e. The Morgan fingerprint density at radius 3 is 2.19 bits per heavy atom. The minimum atomic E-state index is -0.0528. The largest absolute Gasteiger partial charge is 0.295 e.